The molecule has 0 aliphatic rings. The summed E-state index contributed by atoms with van der Waals surface area (Å²) in [5.74, 6) is -1.86. The minimum atomic E-state index is -5.08. The van der Waals surface area contributed by atoms with Crippen molar-refractivity contribution < 1.29 is 31.5 Å². The number of halogens is 3. The molecule has 0 unspecified atom stereocenters. The van der Waals surface area contributed by atoms with Crippen LogP contribution < -0.4 is 5.73 Å². The molecule has 0 atom stereocenters. The fourth-order valence-electron chi connectivity index (χ4n) is 3.38. The number of nitrogens with zero attached hydrogens (tertiary/aromatic N) is 3. The van der Waals surface area contributed by atoms with Crippen LogP contribution in [0.3, 0.4) is 0 Å². The quantitative estimate of drug-likeness (QED) is 0.348. The van der Waals surface area contributed by atoms with Crippen molar-refractivity contribution in [3.63, 3.8) is 0 Å². The van der Waals surface area contributed by atoms with Crippen molar-refractivity contribution >= 4 is 32.7 Å². The average molecular weight is 536 g/mol. The van der Waals surface area contributed by atoms with Gasteiger partial charge < -0.3 is 20.7 Å². The number of aromatic nitrogens is 3. The maximum Gasteiger partial charge on any atom is 0.490 e. The molecule has 196 valence electrons. The molecule has 2 aromatic carbocycles. The van der Waals surface area contributed by atoms with Gasteiger partial charge >= 0.3 is 12.1 Å². The zero-order chi connectivity index (χ0) is 27.5. The molecule has 0 amide bonds. The molecule has 0 bridgehead atoms. The second-order valence-electron chi connectivity index (χ2n) is 8.43. The first kappa shape index (κ1) is 27.6. The number of rotatable bonds is 5. The third-order valence-corrected chi connectivity index (χ3v) is 6.17. The monoisotopic (exact) mass is 535 g/mol. The Labute approximate surface area is 210 Å². The van der Waals surface area contributed by atoms with Crippen molar-refractivity contribution in [3.05, 3.63) is 60.3 Å². The van der Waals surface area contributed by atoms with E-state index >= 15 is 0 Å². The Morgan fingerprint density at radius 1 is 1.11 bits per heavy atom. The van der Waals surface area contributed by atoms with E-state index in [2.05, 4.69) is 32.0 Å². The van der Waals surface area contributed by atoms with E-state index in [4.69, 9.17) is 15.6 Å². The fraction of sp³-hybridized carbons (Fsp3) is 0.208. The van der Waals surface area contributed by atoms with Gasteiger partial charge in [0.1, 0.15) is 11.6 Å². The van der Waals surface area contributed by atoms with Crippen LogP contribution in [0.2, 0.25) is 0 Å². The van der Waals surface area contributed by atoms with E-state index in [1.54, 1.807) is 24.4 Å². The van der Waals surface area contributed by atoms with Gasteiger partial charge in [-0.05, 0) is 55.6 Å². The summed E-state index contributed by atoms with van der Waals surface area (Å²) in [5, 5.41) is 7.12. The highest BCUT2D eigenvalue weighted by Crippen LogP contribution is 2.30. The van der Waals surface area contributed by atoms with Crippen LogP contribution in [-0.2, 0) is 21.2 Å². The van der Waals surface area contributed by atoms with Crippen LogP contribution in [0.1, 0.15) is 5.56 Å². The number of alkyl halides is 3. The van der Waals surface area contributed by atoms with Crippen LogP contribution in [0.15, 0.2) is 59.6 Å². The molecule has 0 spiro atoms. The SMILES string of the molecule is CN(C)Cc1cccc(-c2cnc(N)c(-c3nc4ccc(S(C)(=O)=O)cc4[nH]3)c2)c1.O=C(O)C(F)(F)F. The number of sulfone groups is 1. The first-order valence-corrected chi connectivity index (χ1v) is 12.5. The van der Waals surface area contributed by atoms with E-state index in [-0.39, 0.29) is 4.90 Å². The summed E-state index contributed by atoms with van der Waals surface area (Å²) >= 11 is 0. The van der Waals surface area contributed by atoms with Crippen LogP contribution >= 0.6 is 0 Å². The fourth-order valence-corrected chi connectivity index (χ4v) is 4.03. The number of hydrogen-bond acceptors (Lipinski definition) is 7. The third kappa shape index (κ3) is 7.05. The van der Waals surface area contributed by atoms with Crippen molar-refractivity contribution in [2.45, 2.75) is 17.6 Å². The number of nitrogens with two attached hydrogens (primary N) is 1. The maximum absolute atomic E-state index is 11.8. The Hall–Kier alpha value is -3.97. The number of aliphatic carboxylic acids is 1. The van der Waals surface area contributed by atoms with Crippen LogP contribution in [0, 0.1) is 0 Å². The average Bonchev–Trinajstić information content (AvgIpc) is 3.21. The molecule has 4 aromatic rings. The van der Waals surface area contributed by atoms with Crippen molar-refractivity contribution in [2.24, 2.45) is 0 Å². The van der Waals surface area contributed by atoms with Crippen molar-refractivity contribution in [1.82, 2.24) is 19.9 Å². The molecule has 0 aliphatic carbocycles. The number of carboxylic acid groups (broad SMARTS) is 1. The lowest BCUT2D eigenvalue weighted by Gasteiger charge is -2.11. The lowest BCUT2D eigenvalue weighted by atomic mass is 10.0. The molecular formula is C24H24F3N5O4S. The normalized spacial score (nSPS) is 11.9. The Bertz CT molecular complexity index is 1550. The maximum atomic E-state index is 11.8. The standard InChI is InChI=1S/C22H23N5O2S.C2HF3O2/c1-27(2)13-14-5-4-6-15(9-14)16-10-18(21(23)24-12-16)22-25-19-8-7-17(30(3,28)29)11-20(19)26-22;3-2(4,5)1(6)7/h4-12H,13H2,1-3H3,(H2,23,24)(H,25,26);(H,6,7). The van der Waals surface area contributed by atoms with E-state index in [0.717, 1.165) is 17.7 Å². The lowest BCUT2D eigenvalue weighted by molar-refractivity contribution is -0.192. The highest BCUT2D eigenvalue weighted by Gasteiger charge is 2.38. The summed E-state index contributed by atoms with van der Waals surface area (Å²) in [4.78, 5) is 23.4. The van der Waals surface area contributed by atoms with E-state index < -0.39 is 22.0 Å². The lowest BCUT2D eigenvalue weighted by Crippen LogP contribution is -2.21. The summed E-state index contributed by atoms with van der Waals surface area (Å²) < 4.78 is 55.4. The van der Waals surface area contributed by atoms with Crippen molar-refractivity contribution in [2.75, 3.05) is 26.1 Å². The summed E-state index contributed by atoms with van der Waals surface area (Å²) in [5.41, 5.74) is 11.3. The smallest absolute Gasteiger partial charge is 0.475 e. The molecule has 0 aliphatic heterocycles. The van der Waals surface area contributed by atoms with Gasteiger partial charge in [0.25, 0.3) is 0 Å². The van der Waals surface area contributed by atoms with Crippen molar-refractivity contribution in [1.29, 1.82) is 0 Å². The largest absolute Gasteiger partial charge is 0.490 e. The summed E-state index contributed by atoms with van der Waals surface area (Å²) in [6.07, 6.45) is -2.15. The Balaban J connectivity index is 0.000000479. The predicted octanol–water partition coefficient (Wildman–Crippen LogP) is 3.97. The van der Waals surface area contributed by atoms with Gasteiger partial charge in [0.2, 0.25) is 0 Å². The van der Waals surface area contributed by atoms with E-state index in [1.807, 2.05) is 32.3 Å². The van der Waals surface area contributed by atoms with Gasteiger partial charge in [0.05, 0.1) is 21.5 Å². The number of imidazole rings is 1. The molecule has 0 radical (unpaired) electrons. The van der Waals surface area contributed by atoms with E-state index in [0.29, 0.717) is 28.2 Å². The van der Waals surface area contributed by atoms with E-state index in [9.17, 15) is 21.6 Å². The first-order valence-electron chi connectivity index (χ1n) is 10.6. The molecule has 13 heteroatoms. The number of fused-ring (bicyclic) bond motifs is 1. The molecule has 2 heterocycles. The molecule has 4 N–H and O–H groups in total. The van der Waals surface area contributed by atoms with Gasteiger partial charge in [0, 0.05) is 24.6 Å². The molecule has 0 saturated carbocycles. The van der Waals surface area contributed by atoms with Gasteiger partial charge in [-0.25, -0.2) is 23.2 Å². The minimum Gasteiger partial charge on any atom is -0.475 e. The topological polar surface area (TPSA) is 142 Å². The number of nitrogens with one attached hydrogen (secondary N) is 1. The number of aromatic amines is 1. The number of nitrogen functional groups attached to an aromatic ring is 1. The molecule has 2 aromatic heterocycles. The zero-order valence-electron chi connectivity index (χ0n) is 20.0. The first-order chi connectivity index (χ1) is 17.1. The Morgan fingerprint density at radius 2 is 1.78 bits per heavy atom. The molecule has 0 saturated heterocycles. The summed E-state index contributed by atoms with van der Waals surface area (Å²) in [6.45, 7) is 0.843. The van der Waals surface area contributed by atoms with Gasteiger partial charge in [-0.15, -0.1) is 0 Å². The number of carbonyl (C=O) groups is 1. The number of pyridine rings is 1. The highest BCUT2D eigenvalue weighted by molar-refractivity contribution is 7.90. The Kier molecular flexibility index (Phi) is 7.88. The molecule has 4 rings (SSSR count). The summed E-state index contributed by atoms with van der Waals surface area (Å²) in [7, 11) is 0.766. The molecular weight excluding hydrogens is 511 g/mol. The second-order valence-corrected chi connectivity index (χ2v) is 10.5. The van der Waals surface area contributed by atoms with Crippen LogP contribution in [0.5, 0.6) is 0 Å². The van der Waals surface area contributed by atoms with Crippen molar-refractivity contribution in [3.8, 4) is 22.5 Å². The van der Waals surface area contributed by atoms with Gasteiger partial charge in [0.15, 0.2) is 9.84 Å². The number of hydrogen-bond donors (Lipinski definition) is 3. The van der Waals surface area contributed by atoms with Gasteiger partial charge in [-0.2, -0.15) is 13.2 Å². The highest BCUT2D eigenvalue weighted by atomic mass is 32.2. The Morgan fingerprint density at radius 3 is 2.38 bits per heavy atom. The summed E-state index contributed by atoms with van der Waals surface area (Å²) in [6, 6.07) is 15.1. The van der Waals surface area contributed by atoms with Gasteiger partial charge in [-0.1, -0.05) is 18.2 Å². The number of carboxylic acids is 1. The second kappa shape index (κ2) is 10.6. The third-order valence-electron chi connectivity index (χ3n) is 5.06. The van der Waals surface area contributed by atoms with Crippen LogP contribution in [0.4, 0.5) is 19.0 Å². The number of anilines is 1. The number of H-pyrrole nitrogens is 1. The minimum absolute atomic E-state index is 0.239. The number of benzene rings is 2. The van der Waals surface area contributed by atoms with Crippen LogP contribution in [-0.4, -0.2) is 65.9 Å². The molecule has 37 heavy (non-hydrogen) atoms. The molecule has 9 nitrogen and oxygen atoms in total. The van der Waals surface area contributed by atoms with E-state index in [1.165, 1.54) is 11.8 Å². The molecule has 0 fully saturated rings. The van der Waals surface area contributed by atoms with Gasteiger partial charge in [-0.3, -0.25) is 0 Å². The zero-order valence-corrected chi connectivity index (χ0v) is 20.9. The predicted molar refractivity (Wildman–Crippen MR) is 133 cm³/mol. The van der Waals surface area contributed by atoms with Crippen LogP contribution in [0.25, 0.3) is 33.5 Å².